The van der Waals surface area contributed by atoms with Crippen LogP contribution in [0.5, 0.6) is 11.5 Å². The minimum Gasteiger partial charge on any atom is -0.457 e. The lowest BCUT2D eigenvalue weighted by Crippen LogP contribution is -2.13. The monoisotopic (exact) mass is 238 g/mol. The Morgan fingerprint density at radius 3 is 1.89 bits per heavy atom. The largest absolute Gasteiger partial charge is 0.457 e. The van der Waals surface area contributed by atoms with Crippen LogP contribution >= 0.6 is 0 Å². The second-order valence-electron chi connectivity index (χ2n) is 4.20. The second-order valence-corrected chi connectivity index (χ2v) is 4.20. The van der Waals surface area contributed by atoms with E-state index in [0.29, 0.717) is 0 Å². The molecule has 0 spiro atoms. The van der Waals surface area contributed by atoms with Crippen LogP contribution in [0.25, 0.3) is 0 Å². The van der Waals surface area contributed by atoms with E-state index in [1.54, 1.807) is 0 Å². The van der Waals surface area contributed by atoms with Crippen LogP contribution in [0.15, 0.2) is 61.2 Å². The number of hydrogen-bond acceptors (Lipinski definition) is 2. The van der Waals surface area contributed by atoms with Crippen molar-refractivity contribution >= 4 is 0 Å². The summed E-state index contributed by atoms with van der Waals surface area (Å²) in [6.45, 7) is 4.18. The molecule has 1 aliphatic rings. The lowest BCUT2D eigenvalue weighted by molar-refractivity contribution is 0.114. The zero-order valence-corrected chi connectivity index (χ0v) is 10.0. The van der Waals surface area contributed by atoms with Crippen LogP contribution in [0.1, 0.15) is 17.0 Å². The van der Waals surface area contributed by atoms with Gasteiger partial charge in [-0.1, -0.05) is 42.5 Å². The van der Waals surface area contributed by atoms with Crippen molar-refractivity contribution in [3.63, 3.8) is 0 Å². The molecule has 0 aliphatic carbocycles. The Labute approximate surface area is 106 Å². The van der Waals surface area contributed by atoms with Gasteiger partial charge in [0.1, 0.15) is 11.5 Å². The summed E-state index contributed by atoms with van der Waals surface area (Å²) in [7, 11) is 0. The Kier molecular flexibility index (Phi) is 2.77. The number of ether oxygens (including phenoxy) is 2. The summed E-state index contributed by atoms with van der Waals surface area (Å²) in [5.41, 5.74) is 2.26. The fraction of sp³-hybridized carbons (Fsp3) is 0.125. The summed E-state index contributed by atoms with van der Waals surface area (Å²) in [6, 6.07) is 16.0. The molecule has 0 saturated heterocycles. The molecule has 2 heteroatoms. The molecule has 0 atom stereocenters. The van der Waals surface area contributed by atoms with Crippen LogP contribution in [0.3, 0.4) is 0 Å². The molecule has 0 N–H and O–H groups in total. The molecule has 0 aromatic heterocycles. The van der Waals surface area contributed by atoms with Gasteiger partial charge in [0.2, 0.25) is 6.79 Å². The molecule has 2 nitrogen and oxygen atoms in total. The van der Waals surface area contributed by atoms with E-state index >= 15 is 0 Å². The van der Waals surface area contributed by atoms with E-state index in [1.165, 1.54) is 0 Å². The third-order valence-electron chi connectivity index (χ3n) is 3.17. The third kappa shape index (κ3) is 1.76. The lowest BCUT2D eigenvalue weighted by atomic mass is 9.90. The third-order valence-corrected chi connectivity index (χ3v) is 3.17. The number of fused-ring (bicyclic) bond motifs is 2. The van der Waals surface area contributed by atoms with E-state index in [0.717, 1.165) is 22.6 Å². The molecule has 90 valence electrons. The van der Waals surface area contributed by atoms with Gasteiger partial charge in [-0.2, -0.15) is 0 Å². The number of allylic oxidation sites excluding steroid dienone is 1. The predicted molar refractivity (Wildman–Crippen MR) is 71.0 cm³/mol. The Hall–Kier alpha value is -2.22. The SMILES string of the molecule is C=CC1c2ccccc2OCOc2ccccc21. The minimum atomic E-state index is 0.0951. The molecule has 0 radical (unpaired) electrons. The predicted octanol–water partition coefficient (Wildman–Crippen LogP) is 3.73. The smallest absolute Gasteiger partial charge is 0.230 e. The summed E-state index contributed by atoms with van der Waals surface area (Å²) < 4.78 is 11.3. The van der Waals surface area contributed by atoms with Gasteiger partial charge >= 0.3 is 0 Å². The zero-order valence-electron chi connectivity index (χ0n) is 10.0. The van der Waals surface area contributed by atoms with Gasteiger partial charge in [0.25, 0.3) is 0 Å². The van der Waals surface area contributed by atoms with Gasteiger partial charge in [-0.3, -0.25) is 0 Å². The average Bonchev–Trinajstić information content (AvgIpc) is 2.40. The summed E-state index contributed by atoms with van der Waals surface area (Å²) in [5, 5.41) is 0. The van der Waals surface area contributed by atoms with Gasteiger partial charge in [-0.05, 0) is 12.1 Å². The maximum absolute atomic E-state index is 5.65. The van der Waals surface area contributed by atoms with Gasteiger partial charge in [0, 0.05) is 17.0 Å². The molecule has 0 bridgehead atoms. The van der Waals surface area contributed by atoms with Crippen LogP contribution in [0.2, 0.25) is 0 Å². The first-order valence-corrected chi connectivity index (χ1v) is 5.96. The summed E-state index contributed by atoms with van der Waals surface area (Å²) in [6.07, 6.45) is 1.93. The molecule has 0 amide bonds. The highest BCUT2D eigenvalue weighted by atomic mass is 16.7. The maximum Gasteiger partial charge on any atom is 0.230 e. The number of hydrogen-bond donors (Lipinski definition) is 0. The summed E-state index contributed by atoms with van der Waals surface area (Å²) in [4.78, 5) is 0. The minimum absolute atomic E-state index is 0.0951. The normalized spacial score (nSPS) is 14.2. The van der Waals surface area contributed by atoms with Crippen molar-refractivity contribution < 1.29 is 9.47 Å². The van der Waals surface area contributed by atoms with E-state index in [9.17, 15) is 0 Å². The van der Waals surface area contributed by atoms with Crippen molar-refractivity contribution in [3.05, 3.63) is 72.3 Å². The van der Waals surface area contributed by atoms with Crippen molar-refractivity contribution in [3.8, 4) is 11.5 Å². The quantitative estimate of drug-likeness (QED) is 0.705. The fourth-order valence-electron chi connectivity index (χ4n) is 2.32. The van der Waals surface area contributed by atoms with Gasteiger partial charge in [-0.25, -0.2) is 0 Å². The highest BCUT2D eigenvalue weighted by Crippen LogP contribution is 2.38. The first kappa shape index (κ1) is 10.9. The Morgan fingerprint density at radius 2 is 1.39 bits per heavy atom. The van der Waals surface area contributed by atoms with E-state index < -0.39 is 0 Å². The van der Waals surface area contributed by atoms with Crippen molar-refractivity contribution in [1.82, 2.24) is 0 Å². The van der Waals surface area contributed by atoms with E-state index in [4.69, 9.17) is 9.47 Å². The first-order valence-electron chi connectivity index (χ1n) is 5.96. The molecule has 0 unspecified atom stereocenters. The molecular formula is C16H14O2. The summed E-state index contributed by atoms with van der Waals surface area (Å²) >= 11 is 0. The fourth-order valence-corrected chi connectivity index (χ4v) is 2.32. The van der Waals surface area contributed by atoms with E-state index in [1.807, 2.05) is 42.5 Å². The van der Waals surface area contributed by atoms with Gasteiger partial charge in [-0.15, -0.1) is 6.58 Å². The molecule has 0 saturated carbocycles. The van der Waals surface area contributed by atoms with E-state index in [-0.39, 0.29) is 12.7 Å². The molecule has 1 heterocycles. The Bertz CT molecular complexity index is 527. The average molecular weight is 238 g/mol. The van der Waals surface area contributed by atoms with Crippen LogP contribution < -0.4 is 9.47 Å². The van der Waals surface area contributed by atoms with Crippen LogP contribution in [-0.2, 0) is 0 Å². The molecule has 2 aromatic rings. The molecule has 3 rings (SSSR count). The Morgan fingerprint density at radius 1 is 0.889 bits per heavy atom. The van der Waals surface area contributed by atoms with Gasteiger partial charge in [0.05, 0.1) is 0 Å². The highest BCUT2D eigenvalue weighted by Gasteiger charge is 2.20. The van der Waals surface area contributed by atoms with Crippen LogP contribution in [-0.4, -0.2) is 6.79 Å². The highest BCUT2D eigenvalue weighted by molar-refractivity contribution is 5.50. The number of rotatable bonds is 1. The van der Waals surface area contributed by atoms with Gasteiger partial charge in [0.15, 0.2) is 0 Å². The van der Waals surface area contributed by atoms with Crippen molar-refractivity contribution in [2.75, 3.05) is 6.79 Å². The standard InChI is InChI=1S/C16H14O2/c1-2-12-13-7-3-5-9-15(13)17-11-18-16-10-6-4-8-14(12)16/h2-10,12H,1,11H2. The Balaban J connectivity index is 2.19. The van der Waals surface area contributed by atoms with Crippen molar-refractivity contribution in [1.29, 1.82) is 0 Å². The second kappa shape index (κ2) is 4.57. The number of para-hydroxylation sites is 2. The lowest BCUT2D eigenvalue weighted by Gasteiger charge is -2.23. The number of benzene rings is 2. The maximum atomic E-state index is 5.65. The van der Waals surface area contributed by atoms with Gasteiger partial charge < -0.3 is 9.47 Å². The van der Waals surface area contributed by atoms with Crippen molar-refractivity contribution in [2.45, 2.75) is 5.92 Å². The van der Waals surface area contributed by atoms with Crippen LogP contribution in [0.4, 0.5) is 0 Å². The molecule has 2 aromatic carbocycles. The topological polar surface area (TPSA) is 18.5 Å². The zero-order chi connectivity index (χ0) is 12.4. The molecule has 18 heavy (non-hydrogen) atoms. The first-order chi connectivity index (χ1) is 8.90. The van der Waals surface area contributed by atoms with E-state index in [2.05, 4.69) is 18.7 Å². The molecule has 1 aliphatic heterocycles. The molecule has 0 fully saturated rings. The van der Waals surface area contributed by atoms with Crippen LogP contribution in [0, 0.1) is 0 Å². The summed E-state index contributed by atoms with van der Waals surface area (Å²) in [5.74, 6) is 1.81. The van der Waals surface area contributed by atoms with Crippen molar-refractivity contribution in [2.24, 2.45) is 0 Å². The molecular weight excluding hydrogens is 224 g/mol.